The molecular formula is C21H27ClN2O3S. The van der Waals surface area contributed by atoms with E-state index in [0.717, 1.165) is 24.7 Å². The molecule has 0 bridgehead atoms. The molecule has 5 nitrogen and oxygen atoms in total. The topological polar surface area (TPSA) is 66.5 Å². The van der Waals surface area contributed by atoms with Gasteiger partial charge in [-0.3, -0.25) is 9.10 Å². The summed E-state index contributed by atoms with van der Waals surface area (Å²) in [5.41, 5.74) is 2.62. The number of amides is 1. The Kier molecular flexibility index (Phi) is 8.33. The van der Waals surface area contributed by atoms with E-state index < -0.39 is 10.0 Å². The molecule has 2 rings (SSSR count). The summed E-state index contributed by atoms with van der Waals surface area (Å²) in [6.07, 6.45) is 3.65. The highest BCUT2D eigenvalue weighted by atomic mass is 35.5. The van der Waals surface area contributed by atoms with E-state index in [4.69, 9.17) is 11.6 Å². The number of hydrogen-bond donors (Lipinski definition) is 1. The van der Waals surface area contributed by atoms with Crippen LogP contribution in [0.25, 0.3) is 0 Å². The van der Waals surface area contributed by atoms with E-state index in [1.54, 1.807) is 18.2 Å². The highest BCUT2D eigenvalue weighted by Gasteiger charge is 2.19. The summed E-state index contributed by atoms with van der Waals surface area (Å²) >= 11 is 6.03. The molecule has 0 aliphatic heterocycles. The molecule has 0 atom stereocenters. The van der Waals surface area contributed by atoms with Crippen LogP contribution in [0, 0.1) is 6.92 Å². The maximum Gasteiger partial charge on any atom is 0.232 e. The van der Waals surface area contributed by atoms with Crippen LogP contribution in [0.2, 0.25) is 5.02 Å². The molecule has 0 saturated carbocycles. The first-order valence-corrected chi connectivity index (χ1v) is 11.5. The van der Waals surface area contributed by atoms with Crippen molar-refractivity contribution in [1.29, 1.82) is 0 Å². The summed E-state index contributed by atoms with van der Waals surface area (Å²) in [4.78, 5) is 12.0. The first-order chi connectivity index (χ1) is 13.3. The average Bonchev–Trinajstić information content (AvgIpc) is 2.64. The highest BCUT2D eigenvalue weighted by molar-refractivity contribution is 7.92. The van der Waals surface area contributed by atoms with Gasteiger partial charge in [-0.2, -0.15) is 0 Å². The van der Waals surface area contributed by atoms with Gasteiger partial charge in [-0.05, 0) is 49.4 Å². The van der Waals surface area contributed by atoms with Gasteiger partial charge in [0.25, 0.3) is 0 Å². The van der Waals surface area contributed by atoms with Crippen LogP contribution in [0.15, 0.2) is 48.5 Å². The van der Waals surface area contributed by atoms with Crippen molar-refractivity contribution in [3.8, 4) is 0 Å². The van der Waals surface area contributed by atoms with Gasteiger partial charge in [-0.25, -0.2) is 8.42 Å². The van der Waals surface area contributed by atoms with E-state index in [0.29, 0.717) is 23.7 Å². The maximum atomic E-state index is 12.2. The van der Waals surface area contributed by atoms with Crippen LogP contribution in [-0.4, -0.2) is 33.7 Å². The van der Waals surface area contributed by atoms with Crippen LogP contribution >= 0.6 is 11.6 Å². The van der Waals surface area contributed by atoms with Crippen molar-refractivity contribution in [3.63, 3.8) is 0 Å². The summed E-state index contributed by atoms with van der Waals surface area (Å²) in [7, 11) is -3.46. The highest BCUT2D eigenvalue weighted by Crippen LogP contribution is 2.26. The van der Waals surface area contributed by atoms with Crippen molar-refractivity contribution < 1.29 is 13.2 Å². The van der Waals surface area contributed by atoms with Crippen molar-refractivity contribution in [1.82, 2.24) is 5.32 Å². The standard InChI is InChI=1S/C21H27ClN2O3S/c1-17-12-13-19(22)16-20(17)24(28(2,26)27)15-7-11-21(25)23-14-6-10-18-8-4-3-5-9-18/h3-5,8-9,12-13,16H,6-7,10-11,14-15H2,1-2H3,(H,23,25). The fourth-order valence-corrected chi connectivity index (χ4v) is 4.13. The number of carbonyl (C=O) groups excluding carboxylic acids is 1. The third-order valence-corrected chi connectivity index (χ3v) is 5.83. The van der Waals surface area contributed by atoms with Gasteiger partial charge in [0.05, 0.1) is 11.9 Å². The predicted molar refractivity (Wildman–Crippen MR) is 115 cm³/mol. The van der Waals surface area contributed by atoms with Crippen LogP contribution in [0.1, 0.15) is 30.4 Å². The molecule has 0 spiro atoms. The smallest absolute Gasteiger partial charge is 0.232 e. The summed E-state index contributed by atoms with van der Waals surface area (Å²) in [6, 6.07) is 15.3. The van der Waals surface area contributed by atoms with E-state index in [1.807, 2.05) is 25.1 Å². The summed E-state index contributed by atoms with van der Waals surface area (Å²) < 4.78 is 25.7. The number of anilines is 1. The van der Waals surface area contributed by atoms with E-state index in [-0.39, 0.29) is 18.9 Å². The second-order valence-corrected chi connectivity index (χ2v) is 9.15. The molecule has 1 N–H and O–H groups in total. The Morgan fingerprint density at radius 3 is 2.50 bits per heavy atom. The zero-order valence-corrected chi connectivity index (χ0v) is 17.9. The molecule has 0 saturated heterocycles. The fourth-order valence-electron chi connectivity index (χ4n) is 2.95. The Morgan fingerprint density at radius 1 is 1.11 bits per heavy atom. The van der Waals surface area contributed by atoms with Gasteiger partial charge in [0, 0.05) is 24.5 Å². The fraction of sp³-hybridized carbons (Fsp3) is 0.381. The number of rotatable bonds is 10. The number of carbonyl (C=O) groups is 1. The molecule has 0 unspecified atom stereocenters. The van der Waals surface area contributed by atoms with Gasteiger partial charge in [-0.1, -0.05) is 48.0 Å². The molecule has 0 fully saturated rings. The first-order valence-electron chi connectivity index (χ1n) is 9.32. The number of nitrogens with one attached hydrogen (secondary N) is 1. The Balaban J connectivity index is 1.80. The van der Waals surface area contributed by atoms with Crippen LogP contribution in [0.4, 0.5) is 5.69 Å². The van der Waals surface area contributed by atoms with E-state index in [1.165, 1.54) is 9.87 Å². The minimum atomic E-state index is -3.46. The molecule has 7 heteroatoms. The molecule has 0 aromatic heterocycles. The third kappa shape index (κ3) is 7.17. The molecular weight excluding hydrogens is 396 g/mol. The number of nitrogens with zero attached hydrogens (tertiary/aromatic N) is 1. The van der Waals surface area contributed by atoms with E-state index in [2.05, 4.69) is 17.4 Å². The minimum Gasteiger partial charge on any atom is -0.356 e. The lowest BCUT2D eigenvalue weighted by atomic mass is 10.1. The summed E-state index contributed by atoms with van der Waals surface area (Å²) in [5, 5.41) is 3.37. The van der Waals surface area contributed by atoms with Gasteiger partial charge in [0.1, 0.15) is 0 Å². The van der Waals surface area contributed by atoms with Crippen LogP contribution < -0.4 is 9.62 Å². The van der Waals surface area contributed by atoms with Crippen molar-refractivity contribution in [2.24, 2.45) is 0 Å². The maximum absolute atomic E-state index is 12.2. The van der Waals surface area contributed by atoms with Crippen LogP contribution in [-0.2, 0) is 21.2 Å². The quantitative estimate of drug-likeness (QED) is 0.589. The number of sulfonamides is 1. The second-order valence-electron chi connectivity index (χ2n) is 6.81. The lowest BCUT2D eigenvalue weighted by Gasteiger charge is -2.24. The number of benzene rings is 2. The van der Waals surface area contributed by atoms with Crippen molar-refractivity contribution >= 4 is 33.2 Å². The Labute approximate surface area is 172 Å². The van der Waals surface area contributed by atoms with Crippen molar-refractivity contribution in [2.75, 3.05) is 23.7 Å². The Hall–Kier alpha value is -2.05. The molecule has 0 aliphatic carbocycles. The van der Waals surface area contributed by atoms with Crippen molar-refractivity contribution in [3.05, 3.63) is 64.7 Å². The second kappa shape index (κ2) is 10.5. The minimum absolute atomic E-state index is 0.0654. The van der Waals surface area contributed by atoms with Gasteiger partial charge in [-0.15, -0.1) is 0 Å². The molecule has 2 aromatic rings. The third-order valence-electron chi connectivity index (χ3n) is 4.41. The predicted octanol–water partition coefficient (Wildman–Crippen LogP) is 3.94. The molecule has 28 heavy (non-hydrogen) atoms. The zero-order valence-electron chi connectivity index (χ0n) is 16.3. The molecule has 0 radical (unpaired) electrons. The van der Waals surface area contributed by atoms with Crippen molar-refractivity contribution in [2.45, 2.75) is 32.6 Å². The largest absolute Gasteiger partial charge is 0.356 e. The summed E-state index contributed by atoms with van der Waals surface area (Å²) in [6.45, 7) is 2.68. The van der Waals surface area contributed by atoms with Crippen LogP contribution in [0.3, 0.4) is 0 Å². The summed E-state index contributed by atoms with van der Waals surface area (Å²) in [5.74, 6) is -0.0654. The Morgan fingerprint density at radius 2 is 1.82 bits per heavy atom. The lowest BCUT2D eigenvalue weighted by Crippen LogP contribution is -2.32. The van der Waals surface area contributed by atoms with Crippen LogP contribution in [0.5, 0.6) is 0 Å². The van der Waals surface area contributed by atoms with Gasteiger partial charge in [0.2, 0.25) is 15.9 Å². The van der Waals surface area contributed by atoms with Gasteiger partial charge < -0.3 is 5.32 Å². The normalized spacial score (nSPS) is 11.2. The monoisotopic (exact) mass is 422 g/mol. The SMILES string of the molecule is Cc1ccc(Cl)cc1N(CCCC(=O)NCCCc1ccccc1)S(C)(=O)=O. The first kappa shape index (κ1) is 22.2. The number of halogens is 1. The van der Waals surface area contributed by atoms with Gasteiger partial charge >= 0.3 is 0 Å². The zero-order chi connectivity index (χ0) is 20.6. The molecule has 1 amide bonds. The average molecular weight is 423 g/mol. The molecule has 152 valence electrons. The van der Waals surface area contributed by atoms with E-state index >= 15 is 0 Å². The Bertz CT molecular complexity index is 886. The molecule has 0 heterocycles. The van der Waals surface area contributed by atoms with Gasteiger partial charge in [0.15, 0.2) is 0 Å². The number of hydrogen-bond acceptors (Lipinski definition) is 3. The number of aryl methyl sites for hydroxylation is 2. The molecule has 0 aliphatic rings. The van der Waals surface area contributed by atoms with E-state index in [9.17, 15) is 13.2 Å². The molecule has 2 aromatic carbocycles. The lowest BCUT2D eigenvalue weighted by molar-refractivity contribution is -0.121.